The molecule has 1 saturated heterocycles. The number of nitrogens with zero attached hydrogens (tertiary/aromatic N) is 1. The maximum atomic E-state index is 13.9. The van der Waals surface area contributed by atoms with Crippen molar-refractivity contribution in [3.8, 4) is 5.75 Å². The summed E-state index contributed by atoms with van der Waals surface area (Å²) in [7, 11) is 0. The van der Waals surface area contributed by atoms with Crippen LogP contribution in [0.5, 0.6) is 5.75 Å². The minimum Gasteiger partial charge on any atom is -0.507 e. The number of ketones is 2. The fourth-order valence-corrected chi connectivity index (χ4v) is 6.78. The van der Waals surface area contributed by atoms with Gasteiger partial charge in [0.1, 0.15) is 5.75 Å². The van der Waals surface area contributed by atoms with Gasteiger partial charge < -0.3 is 5.11 Å². The number of amides is 2. The number of hydrogen-bond donors (Lipinski definition) is 1. The normalized spacial score (nSPS) is 26.7. The molecule has 2 aromatic rings. The van der Waals surface area contributed by atoms with Gasteiger partial charge in [0.2, 0.25) is 11.8 Å². The lowest BCUT2D eigenvalue weighted by Gasteiger charge is -2.42. The number of allylic oxidation sites excluding steroid dienone is 6. The van der Waals surface area contributed by atoms with Crippen LogP contribution >= 0.6 is 11.6 Å². The highest BCUT2D eigenvalue weighted by molar-refractivity contribution is 6.32. The van der Waals surface area contributed by atoms with Crippen molar-refractivity contribution < 1.29 is 24.3 Å². The van der Waals surface area contributed by atoms with Gasteiger partial charge in [-0.15, -0.1) is 0 Å². The fourth-order valence-electron chi connectivity index (χ4n) is 6.61. The van der Waals surface area contributed by atoms with Crippen molar-refractivity contribution >= 4 is 40.7 Å². The van der Waals surface area contributed by atoms with E-state index < -0.39 is 23.7 Å². The van der Waals surface area contributed by atoms with Crippen LogP contribution in [0.4, 0.5) is 5.69 Å². The summed E-state index contributed by atoms with van der Waals surface area (Å²) >= 11 is 6.32. The Kier molecular flexibility index (Phi) is 5.58. The molecular formula is C31H26ClNO5. The first kappa shape index (κ1) is 24.6. The first-order valence-corrected chi connectivity index (χ1v) is 13.1. The summed E-state index contributed by atoms with van der Waals surface area (Å²) in [6.07, 6.45) is 3.83. The number of benzene rings is 2. The minimum absolute atomic E-state index is 0.0604. The van der Waals surface area contributed by atoms with Crippen molar-refractivity contribution in [1.29, 1.82) is 0 Å². The lowest BCUT2D eigenvalue weighted by molar-refractivity contribution is -0.123. The highest BCUT2D eigenvalue weighted by atomic mass is 35.5. The van der Waals surface area contributed by atoms with E-state index in [0.29, 0.717) is 45.0 Å². The number of para-hydroxylation sites is 1. The van der Waals surface area contributed by atoms with Gasteiger partial charge in [-0.2, -0.15) is 0 Å². The Bertz CT molecular complexity index is 1580. The number of anilines is 1. The van der Waals surface area contributed by atoms with Crippen LogP contribution in [0.15, 0.2) is 70.8 Å². The summed E-state index contributed by atoms with van der Waals surface area (Å²) in [5.41, 5.74) is 4.35. The molecular weight excluding hydrogens is 502 g/mol. The average Bonchev–Trinajstić information content (AvgIpc) is 3.15. The number of carbonyl (C=O) groups is 4. The molecule has 4 aliphatic rings. The molecule has 3 aliphatic carbocycles. The lowest BCUT2D eigenvalue weighted by Crippen LogP contribution is -2.39. The largest absolute Gasteiger partial charge is 0.507 e. The SMILES string of the molecule is CC1=CC(=O)C2=C(C1=O)[C@@H](c1cccc(C)c1O)C1=CC[C@@H]3C(=O)N(c4ccc(C)c(Cl)c4)C(=O)[C@@H]3[C@@H]1C2. The summed E-state index contributed by atoms with van der Waals surface area (Å²) in [6, 6.07) is 10.5. The van der Waals surface area contributed by atoms with E-state index in [9.17, 15) is 24.3 Å². The Balaban J connectivity index is 1.50. The van der Waals surface area contributed by atoms with Gasteiger partial charge in [0.05, 0.1) is 17.5 Å². The molecule has 0 bridgehead atoms. The van der Waals surface area contributed by atoms with Gasteiger partial charge in [0.25, 0.3) is 0 Å². The highest BCUT2D eigenvalue weighted by Crippen LogP contribution is 2.56. The molecule has 0 spiro atoms. The second-order valence-corrected chi connectivity index (χ2v) is 11.1. The topological polar surface area (TPSA) is 91.8 Å². The van der Waals surface area contributed by atoms with Gasteiger partial charge in [0.15, 0.2) is 11.6 Å². The standard InChI is InChI=1S/C31H26ClNO5/c1-14-7-8-17(12-23(14)32)33-30(37)20-10-9-18-21(26(20)31(33)38)13-22-24(34)11-16(3)29(36)27(22)25(18)19-6-4-5-15(2)28(19)35/h4-9,11-12,20-21,25-26,35H,10,13H2,1-3H3/t20-,21+,25+,26-/m0/s1. The molecule has 1 N–H and O–H groups in total. The molecule has 2 amide bonds. The number of aryl methyl sites for hydroxylation is 2. The number of phenolic OH excluding ortho intramolecular Hbond substituents is 1. The molecule has 1 fully saturated rings. The Morgan fingerprint density at radius 3 is 2.45 bits per heavy atom. The van der Waals surface area contributed by atoms with Crippen molar-refractivity contribution in [2.45, 2.75) is 39.5 Å². The number of hydrogen-bond acceptors (Lipinski definition) is 5. The molecule has 4 atom stereocenters. The lowest BCUT2D eigenvalue weighted by atomic mass is 9.59. The zero-order valence-electron chi connectivity index (χ0n) is 21.2. The molecule has 38 heavy (non-hydrogen) atoms. The molecule has 0 radical (unpaired) electrons. The number of Topliss-reactive ketones (excluding diaryl/α,β-unsaturated/α-hetero) is 1. The number of fused-ring (bicyclic) bond motifs is 3. The molecule has 0 saturated carbocycles. The number of aromatic hydroxyl groups is 1. The zero-order chi connectivity index (χ0) is 27.0. The maximum Gasteiger partial charge on any atom is 0.238 e. The van der Waals surface area contributed by atoms with Crippen LogP contribution in [0.3, 0.4) is 0 Å². The smallest absolute Gasteiger partial charge is 0.238 e. The van der Waals surface area contributed by atoms with E-state index in [1.54, 1.807) is 44.2 Å². The van der Waals surface area contributed by atoms with Crippen molar-refractivity contribution in [1.82, 2.24) is 0 Å². The monoisotopic (exact) mass is 527 g/mol. The quantitative estimate of drug-likeness (QED) is 0.325. The van der Waals surface area contributed by atoms with Crippen LogP contribution < -0.4 is 4.90 Å². The first-order valence-electron chi connectivity index (χ1n) is 12.7. The van der Waals surface area contributed by atoms with E-state index in [-0.39, 0.29) is 35.6 Å². The van der Waals surface area contributed by atoms with E-state index in [0.717, 1.165) is 11.1 Å². The number of imide groups is 1. The van der Waals surface area contributed by atoms with E-state index in [4.69, 9.17) is 11.6 Å². The van der Waals surface area contributed by atoms with Crippen molar-refractivity contribution in [3.63, 3.8) is 0 Å². The molecule has 6 nitrogen and oxygen atoms in total. The van der Waals surface area contributed by atoms with Crippen LogP contribution in [0.25, 0.3) is 0 Å². The molecule has 192 valence electrons. The summed E-state index contributed by atoms with van der Waals surface area (Å²) in [4.78, 5) is 55.4. The second kappa shape index (κ2) is 8.63. The zero-order valence-corrected chi connectivity index (χ0v) is 22.0. The van der Waals surface area contributed by atoms with Gasteiger partial charge in [-0.05, 0) is 68.9 Å². The number of halogens is 1. The summed E-state index contributed by atoms with van der Waals surface area (Å²) < 4.78 is 0. The summed E-state index contributed by atoms with van der Waals surface area (Å²) in [5.74, 6) is -3.41. The highest BCUT2D eigenvalue weighted by Gasteiger charge is 2.56. The van der Waals surface area contributed by atoms with Crippen LogP contribution in [0.2, 0.25) is 5.02 Å². The molecule has 1 heterocycles. The summed E-state index contributed by atoms with van der Waals surface area (Å²) in [6.45, 7) is 5.25. The van der Waals surface area contributed by atoms with Gasteiger partial charge in [-0.1, -0.05) is 47.5 Å². The third-order valence-electron chi connectivity index (χ3n) is 8.56. The van der Waals surface area contributed by atoms with Crippen LogP contribution in [0.1, 0.15) is 42.4 Å². The number of carbonyl (C=O) groups excluding carboxylic acids is 4. The van der Waals surface area contributed by atoms with E-state index in [1.165, 1.54) is 11.0 Å². The molecule has 1 aliphatic heterocycles. The maximum absolute atomic E-state index is 13.9. The Morgan fingerprint density at radius 2 is 1.71 bits per heavy atom. The van der Waals surface area contributed by atoms with Gasteiger partial charge in [-0.25, -0.2) is 4.90 Å². The molecule has 6 rings (SSSR count). The van der Waals surface area contributed by atoms with E-state index in [2.05, 4.69) is 0 Å². The fraction of sp³-hybridized carbons (Fsp3) is 0.290. The number of phenols is 1. The van der Waals surface area contributed by atoms with Crippen molar-refractivity contribution in [2.24, 2.45) is 17.8 Å². The average molecular weight is 528 g/mol. The van der Waals surface area contributed by atoms with Gasteiger partial charge in [0, 0.05) is 33.2 Å². The third kappa shape index (κ3) is 3.39. The number of rotatable bonds is 2. The predicted molar refractivity (Wildman–Crippen MR) is 143 cm³/mol. The summed E-state index contributed by atoms with van der Waals surface area (Å²) in [5, 5.41) is 11.5. The minimum atomic E-state index is -0.680. The molecule has 0 aromatic heterocycles. The third-order valence-corrected chi connectivity index (χ3v) is 8.97. The van der Waals surface area contributed by atoms with E-state index in [1.807, 2.05) is 19.1 Å². The van der Waals surface area contributed by atoms with Crippen LogP contribution in [-0.4, -0.2) is 28.5 Å². The van der Waals surface area contributed by atoms with Crippen LogP contribution in [-0.2, 0) is 19.2 Å². The van der Waals surface area contributed by atoms with Gasteiger partial charge in [-0.3, -0.25) is 19.2 Å². The molecule has 0 unspecified atom stereocenters. The first-order chi connectivity index (χ1) is 18.1. The molecule has 7 heteroatoms. The Labute approximate surface area is 225 Å². The van der Waals surface area contributed by atoms with Crippen LogP contribution in [0, 0.1) is 31.6 Å². The predicted octanol–water partition coefficient (Wildman–Crippen LogP) is 5.30. The van der Waals surface area contributed by atoms with E-state index >= 15 is 0 Å². The van der Waals surface area contributed by atoms with Crippen molar-refractivity contribution in [3.05, 3.63) is 92.6 Å². The Morgan fingerprint density at radius 1 is 0.947 bits per heavy atom. The van der Waals surface area contributed by atoms with Crippen molar-refractivity contribution in [2.75, 3.05) is 4.90 Å². The van der Waals surface area contributed by atoms with Gasteiger partial charge >= 0.3 is 0 Å². The Hall–Kier alpha value is -3.77. The second-order valence-electron chi connectivity index (χ2n) is 10.7. The molecule has 2 aromatic carbocycles.